The second-order valence-electron chi connectivity index (χ2n) is 15.1. The van der Waals surface area contributed by atoms with Crippen LogP contribution in [-0.4, -0.2) is 19.5 Å². The van der Waals surface area contributed by atoms with Gasteiger partial charge in [0.1, 0.15) is 22.3 Å². The molecule has 6 heteroatoms. The van der Waals surface area contributed by atoms with Crippen LogP contribution < -0.4 is 0 Å². The third kappa shape index (κ3) is 4.77. The molecule has 13 rings (SSSR count). The van der Waals surface area contributed by atoms with Crippen molar-refractivity contribution in [2.24, 2.45) is 0 Å². The smallest absolute Gasteiger partial charge is 0.164 e. The van der Waals surface area contributed by atoms with E-state index in [9.17, 15) is 0 Å². The first-order valence-electron chi connectivity index (χ1n) is 19.8. The zero-order valence-electron chi connectivity index (χ0n) is 31.4. The van der Waals surface area contributed by atoms with Crippen molar-refractivity contribution in [1.29, 1.82) is 0 Å². The Bertz CT molecular complexity index is 3870. The molecule has 13 aromatic rings. The highest BCUT2D eigenvalue weighted by Crippen LogP contribution is 2.43. The zero-order chi connectivity index (χ0) is 38.6. The molecule has 274 valence electrons. The summed E-state index contributed by atoms with van der Waals surface area (Å²) < 4.78 is 15.4. The van der Waals surface area contributed by atoms with Gasteiger partial charge in [-0.3, -0.25) is 0 Å². The summed E-state index contributed by atoms with van der Waals surface area (Å²) in [4.78, 5) is 16.1. The first-order chi connectivity index (χ1) is 29.2. The second kappa shape index (κ2) is 12.2. The van der Waals surface area contributed by atoms with Crippen molar-refractivity contribution in [1.82, 2.24) is 19.5 Å². The third-order valence-corrected chi connectivity index (χ3v) is 11.8. The first kappa shape index (κ1) is 32.0. The van der Waals surface area contributed by atoms with Crippen LogP contribution in [0.5, 0.6) is 0 Å². The Morgan fingerprint density at radius 3 is 1.63 bits per heavy atom. The fraction of sp³-hybridized carbons (Fsp3) is 0. The van der Waals surface area contributed by atoms with Gasteiger partial charge in [0.25, 0.3) is 0 Å². The molecular weight excluding hydrogens is 725 g/mol. The Morgan fingerprint density at radius 1 is 0.322 bits per heavy atom. The largest absolute Gasteiger partial charge is 0.456 e. The van der Waals surface area contributed by atoms with E-state index in [0.717, 1.165) is 88.1 Å². The fourth-order valence-electron chi connectivity index (χ4n) is 9.20. The van der Waals surface area contributed by atoms with Gasteiger partial charge in [-0.25, -0.2) is 15.0 Å². The average molecular weight is 755 g/mol. The van der Waals surface area contributed by atoms with Gasteiger partial charge in [0.05, 0.1) is 16.7 Å². The molecule has 4 aromatic heterocycles. The van der Waals surface area contributed by atoms with Gasteiger partial charge in [-0.05, 0) is 64.0 Å². The molecule has 0 saturated heterocycles. The molecule has 6 nitrogen and oxygen atoms in total. The van der Waals surface area contributed by atoms with Gasteiger partial charge in [0.15, 0.2) is 17.5 Å². The number of para-hydroxylation sites is 3. The van der Waals surface area contributed by atoms with Crippen LogP contribution in [0.3, 0.4) is 0 Å². The molecule has 0 bridgehead atoms. The summed E-state index contributed by atoms with van der Waals surface area (Å²) in [5.74, 6) is 1.69. The van der Waals surface area contributed by atoms with Gasteiger partial charge in [0, 0.05) is 55.1 Å². The molecule has 0 spiro atoms. The van der Waals surface area contributed by atoms with Crippen LogP contribution >= 0.6 is 0 Å². The lowest BCUT2D eigenvalue weighted by Crippen LogP contribution is -2.02. The zero-order valence-corrected chi connectivity index (χ0v) is 31.4. The number of hydrogen-bond acceptors (Lipinski definition) is 5. The summed E-state index contributed by atoms with van der Waals surface area (Å²) >= 11 is 0. The summed E-state index contributed by atoms with van der Waals surface area (Å²) in [6.45, 7) is 0. The number of benzene rings is 9. The van der Waals surface area contributed by atoms with Crippen molar-refractivity contribution in [2.45, 2.75) is 0 Å². The molecule has 0 aliphatic rings. The van der Waals surface area contributed by atoms with Crippen LogP contribution in [0.2, 0.25) is 0 Å². The van der Waals surface area contributed by atoms with Crippen molar-refractivity contribution < 1.29 is 8.83 Å². The topological polar surface area (TPSA) is 69.9 Å². The summed E-state index contributed by atoms with van der Waals surface area (Å²) in [7, 11) is 0. The van der Waals surface area contributed by atoms with E-state index >= 15 is 0 Å². The van der Waals surface area contributed by atoms with E-state index in [-0.39, 0.29) is 0 Å². The van der Waals surface area contributed by atoms with Crippen LogP contribution in [-0.2, 0) is 0 Å². The van der Waals surface area contributed by atoms with Crippen LogP contribution in [0.4, 0.5) is 0 Å². The molecule has 9 aromatic carbocycles. The highest BCUT2D eigenvalue weighted by molar-refractivity contribution is 6.16. The van der Waals surface area contributed by atoms with E-state index in [1.165, 1.54) is 21.5 Å². The molecule has 0 aliphatic heterocycles. The number of furan rings is 2. The lowest BCUT2D eigenvalue weighted by atomic mass is 10.0. The molecule has 0 fully saturated rings. The Hall–Kier alpha value is -8.09. The average Bonchev–Trinajstić information content (AvgIpc) is 3.97. The standard InChI is InChI=1S/C53H30N4O2/c1-2-15-33-28-44-41(27-32(33)14-1)36-18-5-8-23-43(36)57(44)34-29-42(50-39-20-7-10-25-46(39)59-48(50)30-34)53-55-51(37-21-11-16-31-13-3-4-17-35(31)37)54-52(56-53)40-22-12-26-47-49(40)38-19-6-9-24-45(38)58-47/h1-30H. The lowest BCUT2D eigenvalue weighted by Gasteiger charge is -2.14. The van der Waals surface area contributed by atoms with Crippen LogP contribution in [0, 0.1) is 0 Å². The van der Waals surface area contributed by atoms with Crippen molar-refractivity contribution in [3.05, 3.63) is 182 Å². The quantitative estimate of drug-likeness (QED) is 0.179. The minimum atomic E-state index is 0.548. The highest BCUT2D eigenvalue weighted by Gasteiger charge is 2.23. The maximum atomic E-state index is 6.73. The summed E-state index contributed by atoms with van der Waals surface area (Å²) in [5.41, 5.74) is 8.95. The van der Waals surface area contributed by atoms with E-state index in [4.69, 9.17) is 23.8 Å². The van der Waals surface area contributed by atoms with Crippen molar-refractivity contribution >= 4 is 87.2 Å². The van der Waals surface area contributed by atoms with Gasteiger partial charge in [-0.1, -0.05) is 133 Å². The lowest BCUT2D eigenvalue weighted by molar-refractivity contribution is 0.668. The fourth-order valence-corrected chi connectivity index (χ4v) is 9.20. The second-order valence-corrected chi connectivity index (χ2v) is 15.1. The summed E-state index contributed by atoms with van der Waals surface area (Å²) in [6.07, 6.45) is 0. The molecule has 0 saturated carbocycles. The van der Waals surface area contributed by atoms with E-state index in [0.29, 0.717) is 17.5 Å². The summed E-state index contributed by atoms with van der Waals surface area (Å²) in [6, 6.07) is 63.3. The Kier molecular flexibility index (Phi) is 6.63. The normalized spacial score (nSPS) is 12.1. The van der Waals surface area contributed by atoms with Crippen LogP contribution in [0.25, 0.3) is 127 Å². The third-order valence-electron chi connectivity index (χ3n) is 11.8. The molecule has 59 heavy (non-hydrogen) atoms. The molecule has 0 radical (unpaired) electrons. The molecule has 4 heterocycles. The van der Waals surface area contributed by atoms with Crippen LogP contribution in [0.15, 0.2) is 191 Å². The van der Waals surface area contributed by atoms with E-state index in [1.54, 1.807) is 0 Å². The number of nitrogens with zero attached hydrogens (tertiary/aromatic N) is 4. The molecule has 0 atom stereocenters. The van der Waals surface area contributed by atoms with Gasteiger partial charge >= 0.3 is 0 Å². The number of fused-ring (bicyclic) bond motifs is 11. The molecule has 0 amide bonds. The summed E-state index contributed by atoms with van der Waals surface area (Å²) in [5, 5.41) is 10.8. The molecular formula is C53H30N4O2. The monoisotopic (exact) mass is 754 g/mol. The van der Waals surface area contributed by atoms with Gasteiger partial charge < -0.3 is 13.4 Å². The van der Waals surface area contributed by atoms with Gasteiger partial charge in [-0.2, -0.15) is 0 Å². The molecule has 0 N–H and O–H groups in total. The maximum absolute atomic E-state index is 6.73. The van der Waals surface area contributed by atoms with Crippen molar-refractivity contribution in [2.75, 3.05) is 0 Å². The highest BCUT2D eigenvalue weighted by atomic mass is 16.3. The van der Waals surface area contributed by atoms with Crippen molar-refractivity contribution in [3.8, 4) is 39.9 Å². The minimum Gasteiger partial charge on any atom is -0.456 e. The SMILES string of the molecule is c1ccc2cc3c(cc2c1)c1ccccc1n3-c1cc(-c2nc(-c3cccc4ccccc34)nc(-c3cccc4oc5ccccc5c34)n2)c2c(c1)oc1ccccc12. The van der Waals surface area contributed by atoms with E-state index < -0.39 is 0 Å². The number of rotatable bonds is 4. The number of aromatic nitrogens is 4. The Labute approximate surface area is 336 Å². The minimum absolute atomic E-state index is 0.548. The van der Waals surface area contributed by atoms with Crippen LogP contribution in [0.1, 0.15) is 0 Å². The Morgan fingerprint density at radius 2 is 0.847 bits per heavy atom. The maximum Gasteiger partial charge on any atom is 0.164 e. The van der Waals surface area contributed by atoms with Crippen molar-refractivity contribution in [3.63, 3.8) is 0 Å². The predicted octanol–water partition coefficient (Wildman–Crippen LogP) is 14.1. The predicted molar refractivity (Wildman–Crippen MR) is 240 cm³/mol. The van der Waals surface area contributed by atoms with Gasteiger partial charge in [-0.15, -0.1) is 0 Å². The van der Waals surface area contributed by atoms with E-state index in [2.05, 4.69) is 144 Å². The first-order valence-corrected chi connectivity index (χ1v) is 19.8. The van der Waals surface area contributed by atoms with Gasteiger partial charge in [0.2, 0.25) is 0 Å². The Balaban J connectivity index is 1.16. The van der Waals surface area contributed by atoms with E-state index in [1.807, 2.05) is 42.5 Å². The molecule has 0 unspecified atom stereocenters. The number of hydrogen-bond donors (Lipinski definition) is 0. The molecule has 0 aliphatic carbocycles.